The Hall–Kier alpha value is -0.910. The second-order valence-electron chi connectivity index (χ2n) is 5.11. The first-order valence-corrected chi connectivity index (χ1v) is 8.29. The molecule has 0 radical (unpaired) electrons. The fraction of sp³-hybridized carbons (Fsp3) is 0.533. The van der Waals surface area contributed by atoms with Crippen molar-refractivity contribution in [2.75, 3.05) is 26.9 Å². The zero-order chi connectivity index (χ0) is 15.3. The van der Waals surface area contributed by atoms with Gasteiger partial charge in [0.15, 0.2) is 0 Å². The van der Waals surface area contributed by atoms with Crippen LogP contribution < -0.4 is 5.32 Å². The summed E-state index contributed by atoms with van der Waals surface area (Å²) in [6.45, 7) is 4.59. The lowest BCUT2D eigenvalue weighted by Gasteiger charge is -2.28. The van der Waals surface area contributed by atoms with Gasteiger partial charge in [-0.25, -0.2) is 0 Å². The van der Waals surface area contributed by atoms with E-state index in [4.69, 9.17) is 0 Å². The molecule has 0 aromatic heterocycles. The molecule has 6 heteroatoms. The van der Waals surface area contributed by atoms with Crippen LogP contribution in [0, 0.1) is 5.92 Å². The second-order valence-corrected chi connectivity index (χ2v) is 6.49. The Morgan fingerprint density at radius 1 is 1.29 bits per heavy atom. The molecule has 1 aromatic rings. The van der Waals surface area contributed by atoms with E-state index in [2.05, 4.69) is 5.32 Å². The Bertz CT molecular complexity index is 479. The number of amides is 1. The van der Waals surface area contributed by atoms with Crippen molar-refractivity contribution in [1.29, 1.82) is 0 Å². The zero-order valence-corrected chi connectivity index (χ0v) is 14.9. The molecule has 0 heterocycles. The first-order valence-electron chi connectivity index (χ1n) is 6.73. The summed E-state index contributed by atoms with van der Waals surface area (Å²) in [6, 6.07) is 7.59. The number of nitrogens with zero attached hydrogens (tertiary/aromatic N) is 1. The van der Waals surface area contributed by atoms with Crippen LogP contribution in [-0.4, -0.2) is 41.9 Å². The number of nitrogens with one attached hydrogen (secondary N) is 1. The standard InChI is InChI=1S/C15H24N2O2S.ClH/c1-11(10-16-3)15(18)17(4)12(2)13-6-8-14(9-7-13)20(5)19;/h6-9,11-12,16H,10H2,1-5H3;1H. The van der Waals surface area contributed by atoms with E-state index in [0.717, 1.165) is 10.5 Å². The Morgan fingerprint density at radius 3 is 2.24 bits per heavy atom. The highest BCUT2D eigenvalue weighted by atomic mass is 35.5. The smallest absolute Gasteiger partial charge is 0.226 e. The SMILES string of the molecule is CNCC(C)C(=O)N(C)C(C)c1ccc(S(C)=O)cc1.Cl. The summed E-state index contributed by atoms with van der Waals surface area (Å²) in [5, 5.41) is 3.02. The maximum atomic E-state index is 12.3. The lowest BCUT2D eigenvalue weighted by molar-refractivity contribution is -0.135. The van der Waals surface area contributed by atoms with Gasteiger partial charge >= 0.3 is 0 Å². The molecule has 120 valence electrons. The molecule has 3 atom stereocenters. The van der Waals surface area contributed by atoms with Gasteiger partial charge in [0.2, 0.25) is 5.91 Å². The molecule has 0 spiro atoms. The predicted octanol–water partition coefficient (Wildman–Crippen LogP) is 2.22. The molecule has 3 unspecified atom stereocenters. The fourth-order valence-electron chi connectivity index (χ4n) is 2.09. The molecule has 0 aliphatic carbocycles. The molecule has 0 saturated heterocycles. The van der Waals surface area contributed by atoms with Crippen LogP contribution >= 0.6 is 12.4 Å². The van der Waals surface area contributed by atoms with Crippen molar-refractivity contribution < 1.29 is 9.00 Å². The summed E-state index contributed by atoms with van der Waals surface area (Å²) in [6.07, 6.45) is 1.66. The van der Waals surface area contributed by atoms with Crippen molar-refractivity contribution in [2.45, 2.75) is 24.8 Å². The fourth-order valence-corrected chi connectivity index (χ4v) is 2.61. The quantitative estimate of drug-likeness (QED) is 0.869. The van der Waals surface area contributed by atoms with Crippen LogP contribution in [0.25, 0.3) is 0 Å². The second kappa shape index (κ2) is 9.18. The predicted molar refractivity (Wildman–Crippen MR) is 90.3 cm³/mol. The Labute approximate surface area is 136 Å². The maximum Gasteiger partial charge on any atom is 0.226 e. The average molecular weight is 333 g/mol. The molecule has 1 N–H and O–H groups in total. The van der Waals surface area contributed by atoms with Gasteiger partial charge in [-0.3, -0.25) is 9.00 Å². The van der Waals surface area contributed by atoms with Crippen LogP contribution in [-0.2, 0) is 15.6 Å². The first kappa shape index (κ1) is 20.1. The zero-order valence-electron chi connectivity index (χ0n) is 13.3. The van der Waals surface area contributed by atoms with Crippen LogP contribution in [0.5, 0.6) is 0 Å². The molecule has 21 heavy (non-hydrogen) atoms. The van der Waals surface area contributed by atoms with E-state index >= 15 is 0 Å². The molecule has 0 aliphatic heterocycles. The molecule has 1 rings (SSSR count). The minimum Gasteiger partial charge on any atom is -0.339 e. The van der Waals surface area contributed by atoms with Crippen molar-refractivity contribution in [3.63, 3.8) is 0 Å². The minimum atomic E-state index is -0.969. The Kier molecular flexibility index (Phi) is 8.78. The van der Waals surface area contributed by atoms with Crippen LogP contribution in [0.2, 0.25) is 0 Å². The van der Waals surface area contributed by atoms with Gasteiger partial charge in [0.25, 0.3) is 0 Å². The van der Waals surface area contributed by atoms with Crippen LogP contribution in [0.4, 0.5) is 0 Å². The lowest BCUT2D eigenvalue weighted by atomic mass is 10.0. The monoisotopic (exact) mass is 332 g/mol. The summed E-state index contributed by atoms with van der Waals surface area (Å²) in [7, 11) is 2.70. The van der Waals surface area contributed by atoms with Gasteiger partial charge < -0.3 is 10.2 Å². The molecule has 0 fully saturated rings. The molecule has 0 aliphatic rings. The Morgan fingerprint density at radius 2 is 1.81 bits per heavy atom. The van der Waals surface area contributed by atoms with Gasteiger partial charge in [0.1, 0.15) is 0 Å². The average Bonchev–Trinajstić information content (AvgIpc) is 2.45. The summed E-state index contributed by atoms with van der Waals surface area (Å²) in [4.78, 5) is 14.8. The number of rotatable bonds is 6. The van der Waals surface area contributed by atoms with E-state index in [1.165, 1.54) is 0 Å². The maximum absolute atomic E-state index is 12.3. The number of hydrogen-bond acceptors (Lipinski definition) is 3. The van der Waals surface area contributed by atoms with Gasteiger partial charge in [0, 0.05) is 41.5 Å². The van der Waals surface area contributed by atoms with Crippen molar-refractivity contribution >= 4 is 29.1 Å². The first-order chi connectivity index (χ1) is 9.38. The van der Waals surface area contributed by atoms with Crippen molar-refractivity contribution in [2.24, 2.45) is 5.92 Å². The molecule has 1 amide bonds. The van der Waals surface area contributed by atoms with E-state index in [1.807, 2.05) is 52.2 Å². The summed E-state index contributed by atoms with van der Waals surface area (Å²) >= 11 is 0. The van der Waals surface area contributed by atoms with Gasteiger partial charge in [-0.15, -0.1) is 12.4 Å². The van der Waals surface area contributed by atoms with Gasteiger partial charge in [-0.2, -0.15) is 0 Å². The van der Waals surface area contributed by atoms with E-state index in [-0.39, 0.29) is 30.3 Å². The van der Waals surface area contributed by atoms with Crippen LogP contribution in [0.3, 0.4) is 0 Å². The highest BCUT2D eigenvalue weighted by molar-refractivity contribution is 7.84. The highest BCUT2D eigenvalue weighted by Gasteiger charge is 2.22. The summed E-state index contributed by atoms with van der Waals surface area (Å²) < 4.78 is 11.4. The van der Waals surface area contributed by atoms with E-state index < -0.39 is 10.8 Å². The van der Waals surface area contributed by atoms with E-state index in [0.29, 0.717) is 6.54 Å². The van der Waals surface area contributed by atoms with Crippen molar-refractivity contribution in [3.05, 3.63) is 29.8 Å². The lowest BCUT2D eigenvalue weighted by Crippen LogP contribution is -2.37. The molecular formula is C15H25ClN2O2S. The topological polar surface area (TPSA) is 49.4 Å². The summed E-state index contributed by atoms with van der Waals surface area (Å²) in [5.74, 6) is 0.0739. The van der Waals surface area contributed by atoms with E-state index in [9.17, 15) is 9.00 Å². The third-order valence-electron chi connectivity index (χ3n) is 3.55. The van der Waals surface area contributed by atoms with Crippen molar-refractivity contribution in [3.8, 4) is 0 Å². The number of hydrogen-bond donors (Lipinski definition) is 1. The molecule has 1 aromatic carbocycles. The van der Waals surface area contributed by atoms with Crippen molar-refractivity contribution in [1.82, 2.24) is 10.2 Å². The normalized spacial score (nSPS) is 14.7. The third kappa shape index (κ3) is 5.41. The Balaban J connectivity index is 0.00000400. The van der Waals surface area contributed by atoms with Gasteiger partial charge in [-0.1, -0.05) is 19.1 Å². The van der Waals surface area contributed by atoms with Crippen LogP contribution in [0.15, 0.2) is 29.2 Å². The van der Waals surface area contributed by atoms with Gasteiger partial charge in [-0.05, 0) is 31.7 Å². The number of benzene rings is 1. The number of carbonyl (C=O) groups excluding carboxylic acids is 1. The number of carbonyl (C=O) groups is 1. The third-order valence-corrected chi connectivity index (χ3v) is 4.49. The molecule has 0 saturated carbocycles. The van der Waals surface area contributed by atoms with Gasteiger partial charge in [0.05, 0.1) is 6.04 Å². The number of halogens is 1. The largest absolute Gasteiger partial charge is 0.339 e. The van der Waals surface area contributed by atoms with Crippen LogP contribution in [0.1, 0.15) is 25.5 Å². The summed E-state index contributed by atoms with van der Waals surface area (Å²) in [5.41, 5.74) is 1.05. The highest BCUT2D eigenvalue weighted by Crippen LogP contribution is 2.21. The van der Waals surface area contributed by atoms with E-state index in [1.54, 1.807) is 11.2 Å². The minimum absolute atomic E-state index is 0. The molecule has 0 bridgehead atoms. The molecule has 4 nitrogen and oxygen atoms in total. The molecular weight excluding hydrogens is 308 g/mol.